The van der Waals surface area contributed by atoms with Crippen molar-refractivity contribution in [2.45, 2.75) is 45.4 Å². The van der Waals surface area contributed by atoms with Gasteiger partial charge < -0.3 is 15.0 Å². The third kappa shape index (κ3) is 2.31. The zero-order chi connectivity index (χ0) is 17.1. The van der Waals surface area contributed by atoms with Crippen molar-refractivity contribution in [3.8, 4) is 0 Å². The second-order valence-electron chi connectivity index (χ2n) is 7.35. The number of benzene rings is 1. The van der Waals surface area contributed by atoms with Crippen LogP contribution in [-0.4, -0.2) is 40.3 Å². The Balaban J connectivity index is 0.00000182. The van der Waals surface area contributed by atoms with Crippen LogP contribution in [0.4, 0.5) is 5.95 Å². The summed E-state index contributed by atoms with van der Waals surface area (Å²) >= 11 is 0. The van der Waals surface area contributed by atoms with E-state index in [4.69, 9.17) is 10.5 Å². The lowest BCUT2D eigenvalue weighted by Crippen LogP contribution is -2.76. The lowest BCUT2D eigenvalue weighted by Gasteiger charge is -2.58. The highest BCUT2D eigenvalue weighted by Gasteiger charge is 2.64. The Morgan fingerprint density at radius 3 is 2.76 bits per heavy atom. The summed E-state index contributed by atoms with van der Waals surface area (Å²) in [7, 11) is 0. The summed E-state index contributed by atoms with van der Waals surface area (Å²) in [6, 6.07) is 7.97. The fourth-order valence-electron chi connectivity index (χ4n) is 4.02. The van der Waals surface area contributed by atoms with E-state index in [0.29, 0.717) is 25.5 Å². The van der Waals surface area contributed by atoms with Crippen LogP contribution in [0.25, 0.3) is 11.0 Å². The van der Waals surface area contributed by atoms with Gasteiger partial charge in [0, 0.05) is 31.5 Å². The van der Waals surface area contributed by atoms with Crippen LogP contribution < -0.4 is 10.6 Å². The van der Waals surface area contributed by atoms with Gasteiger partial charge in [0.2, 0.25) is 11.9 Å². The van der Waals surface area contributed by atoms with Crippen molar-refractivity contribution in [1.29, 1.82) is 0 Å². The number of nitrogens with zero attached hydrogens (tertiary/aromatic N) is 3. The largest absolute Gasteiger partial charge is 0.378 e. The SMILES string of the molecule is CCOC1CC(N)(C(=O)N2CCn3c2nc2ccccc23)C1(C)C.Cl. The number of aromatic nitrogens is 2. The molecule has 2 heterocycles. The molecule has 25 heavy (non-hydrogen) atoms. The van der Waals surface area contributed by atoms with E-state index in [2.05, 4.69) is 9.55 Å². The number of imidazole rings is 1. The topological polar surface area (TPSA) is 73.4 Å². The first kappa shape index (κ1) is 18.2. The Bertz CT molecular complexity index is 819. The van der Waals surface area contributed by atoms with Gasteiger partial charge in [-0.2, -0.15) is 0 Å². The third-order valence-corrected chi connectivity index (χ3v) is 5.88. The van der Waals surface area contributed by atoms with E-state index in [1.807, 2.05) is 45.0 Å². The molecule has 6 nitrogen and oxygen atoms in total. The molecule has 7 heteroatoms. The van der Waals surface area contributed by atoms with E-state index in [-0.39, 0.29) is 29.8 Å². The minimum atomic E-state index is -0.903. The Hall–Kier alpha value is -1.63. The first-order chi connectivity index (χ1) is 11.4. The van der Waals surface area contributed by atoms with Crippen LogP contribution in [0, 0.1) is 5.41 Å². The molecule has 0 radical (unpaired) electrons. The molecule has 1 aliphatic heterocycles. The van der Waals surface area contributed by atoms with Crippen LogP contribution in [0.1, 0.15) is 27.2 Å². The Morgan fingerprint density at radius 2 is 2.08 bits per heavy atom. The fraction of sp³-hybridized carbons (Fsp3) is 0.556. The average molecular weight is 365 g/mol. The highest BCUT2D eigenvalue weighted by Crippen LogP contribution is 2.51. The van der Waals surface area contributed by atoms with Crippen LogP contribution in [0.2, 0.25) is 0 Å². The number of rotatable bonds is 3. The average Bonchev–Trinajstić information content (AvgIpc) is 3.12. The number of amides is 1. The normalized spacial score (nSPS) is 26.9. The zero-order valence-corrected chi connectivity index (χ0v) is 15.7. The number of para-hydroxylation sites is 2. The van der Waals surface area contributed by atoms with E-state index in [9.17, 15) is 4.79 Å². The summed E-state index contributed by atoms with van der Waals surface area (Å²) in [6.07, 6.45) is 0.585. The molecular formula is C18H25ClN4O2. The molecule has 2 unspecified atom stereocenters. The highest BCUT2D eigenvalue weighted by molar-refractivity contribution is 6.02. The maximum absolute atomic E-state index is 13.2. The van der Waals surface area contributed by atoms with E-state index < -0.39 is 5.54 Å². The monoisotopic (exact) mass is 364 g/mol. The molecular weight excluding hydrogens is 340 g/mol. The third-order valence-electron chi connectivity index (χ3n) is 5.88. The highest BCUT2D eigenvalue weighted by atomic mass is 35.5. The number of carbonyl (C=O) groups excluding carboxylic acids is 1. The van der Waals surface area contributed by atoms with Gasteiger partial charge in [-0.25, -0.2) is 4.98 Å². The molecule has 1 aromatic carbocycles. The summed E-state index contributed by atoms with van der Waals surface area (Å²) in [5.74, 6) is 0.666. The lowest BCUT2D eigenvalue weighted by atomic mass is 9.54. The number of fused-ring (bicyclic) bond motifs is 3. The molecule has 2 aliphatic rings. The molecule has 0 bridgehead atoms. The van der Waals surface area contributed by atoms with Crippen molar-refractivity contribution in [1.82, 2.24) is 9.55 Å². The van der Waals surface area contributed by atoms with Crippen LogP contribution in [0.15, 0.2) is 24.3 Å². The summed E-state index contributed by atoms with van der Waals surface area (Å²) in [5.41, 5.74) is 7.25. The summed E-state index contributed by atoms with van der Waals surface area (Å²) < 4.78 is 7.85. The minimum Gasteiger partial charge on any atom is -0.378 e. The van der Waals surface area contributed by atoms with E-state index in [1.165, 1.54) is 0 Å². The zero-order valence-electron chi connectivity index (χ0n) is 14.9. The van der Waals surface area contributed by atoms with E-state index >= 15 is 0 Å². The Kier molecular flexibility index (Phi) is 4.34. The quantitative estimate of drug-likeness (QED) is 0.907. The Morgan fingerprint density at radius 1 is 1.36 bits per heavy atom. The molecule has 1 amide bonds. The van der Waals surface area contributed by atoms with Crippen molar-refractivity contribution < 1.29 is 9.53 Å². The number of nitrogens with two attached hydrogens (primary N) is 1. The predicted molar refractivity (Wildman–Crippen MR) is 100 cm³/mol. The minimum absolute atomic E-state index is 0. The molecule has 2 aromatic rings. The number of halogens is 1. The van der Waals surface area contributed by atoms with Crippen LogP contribution in [0.5, 0.6) is 0 Å². The number of ether oxygens (including phenoxy) is 1. The standard InChI is InChI=1S/C18H24N4O2.ClH/c1-4-24-14-11-18(19,17(14,2)3)15(23)22-10-9-21-13-8-6-5-7-12(13)20-16(21)22;/h5-8,14H,4,9-11,19H2,1-3H3;1H. The fourth-order valence-corrected chi connectivity index (χ4v) is 4.02. The summed E-state index contributed by atoms with van der Waals surface area (Å²) in [5, 5.41) is 0. The molecule has 2 atom stereocenters. The van der Waals surface area contributed by atoms with Gasteiger partial charge in [-0.05, 0) is 19.1 Å². The van der Waals surface area contributed by atoms with Crippen molar-refractivity contribution in [2.75, 3.05) is 18.1 Å². The number of anilines is 1. The van der Waals surface area contributed by atoms with Crippen molar-refractivity contribution in [3.63, 3.8) is 0 Å². The first-order valence-electron chi connectivity index (χ1n) is 8.58. The van der Waals surface area contributed by atoms with Gasteiger partial charge in [0.05, 0.1) is 17.1 Å². The van der Waals surface area contributed by atoms with Gasteiger partial charge in [0.25, 0.3) is 0 Å². The summed E-state index contributed by atoms with van der Waals surface area (Å²) in [6.45, 7) is 8.03. The second-order valence-corrected chi connectivity index (χ2v) is 7.35. The summed E-state index contributed by atoms with van der Waals surface area (Å²) in [4.78, 5) is 19.7. The van der Waals surface area contributed by atoms with Gasteiger partial charge in [-0.1, -0.05) is 26.0 Å². The molecule has 136 valence electrons. The molecule has 1 fully saturated rings. The van der Waals surface area contributed by atoms with Gasteiger partial charge in [-0.3, -0.25) is 9.69 Å². The van der Waals surface area contributed by atoms with Crippen molar-refractivity contribution in [2.24, 2.45) is 11.1 Å². The predicted octanol–water partition coefficient (Wildman–Crippen LogP) is 2.34. The van der Waals surface area contributed by atoms with Crippen molar-refractivity contribution in [3.05, 3.63) is 24.3 Å². The molecule has 0 spiro atoms. The van der Waals surface area contributed by atoms with Crippen LogP contribution in [0.3, 0.4) is 0 Å². The van der Waals surface area contributed by atoms with Crippen LogP contribution >= 0.6 is 12.4 Å². The number of carbonyl (C=O) groups is 1. The van der Waals surface area contributed by atoms with E-state index in [1.54, 1.807) is 4.90 Å². The molecule has 1 saturated carbocycles. The van der Waals surface area contributed by atoms with Gasteiger partial charge in [0.15, 0.2) is 0 Å². The molecule has 1 aliphatic carbocycles. The molecule has 0 saturated heterocycles. The van der Waals surface area contributed by atoms with Gasteiger partial charge in [-0.15, -0.1) is 12.4 Å². The van der Waals surface area contributed by atoms with Gasteiger partial charge >= 0.3 is 0 Å². The smallest absolute Gasteiger partial charge is 0.250 e. The van der Waals surface area contributed by atoms with Crippen molar-refractivity contribution >= 4 is 35.3 Å². The first-order valence-corrected chi connectivity index (χ1v) is 8.58. The molecule has 1 aromatic heterocycles. The molecule has 2 N–H and O–H groups in total. The van der Waals surface area contributed by atoms with Crippen LogP contribution in [-0.2, 0) is 16.1 Å². The lowest BCUT2D eigenvalue weighted by molar-refractivity contribution is -0.168. The maximum atomic E-state index is 13.2. The number of hydrogen-bond acceptors (Lipinski definition) is 4. The van der Waals surface area contributed by atoms with E-state index in [0.717, 1.165) is 17.6 Å². The maximum Gasteiger partial charge on any atom is 0.250 e. The van der Waals surface area contributed by atoms with Gasteiger partial charge in [0.1, 0.15) is 5.54 Å². The molecule has 4 rings (SSSR count). The second kappa shape index (κ2) is 5.97. The Labute approximate surface area is 153 Å². The number of hydrogen-bond donors (Lipinski definition) is 1.